The third-order valence-corrected chi connectivity index (χ3v) is 3.72. The van der Waals surface area contributed by atoms with Crippen LogP contribution < -0.4 is 16.0 Å². The molecule has 0 aliphatic heterocycles. The molecule has 2 aromatic carbocycles. The number of nitrogens with two attached hydrogens (primary N) is 1. The topological polar surface area (TPSA) is 47.3 Å². The van der Waals surface area contributed by atoms with Crippen molar-refractivity contribution >= 4 is 23.2 Å². The predicted molar refractivity (Wildman–Crippen MR) is 83.2 cm³/mol. The molecule has 0 aliphatic carbocycles. The van der Waals surface area contributed by atoms with E-state index in [-0.39, 0.29) is 6.04 Å². The average molecular weight is 311 g/mol. The smallest absolute Gasteiger partial charge is 0.119 e. The number of benzene rings is 2. The van der Waals surface area contributed by atoms with Crippen molar-refractivity contribution < 1.29 is 4.74 Å². The highest BCUT2D eigenvalue weighted by molar-refractivity contribution is 6.35. The van der Waals surface area contributed by atoms with E-state index in [2.05, 4.69) is 5.43 Å². The van der Waals surface area contributed by atoms with Crippen LogP contribution in [0.1, 0.15) is 17.2 Å². The van der Waals surface area contributed by atoms with Crippen LogP contribution in [-0.4, -0.2) is 7.11 Å². The summed E-state index contributed by atoms with van der Waals surface area (Å²) in [4.78, 5) is 0. The van der Waals surface area contributed by atoms with Crippen LogP contribution in [0, 0.1) is 0 Å². The van der Waals surface area contributed by atoms with E-state index in [9.17, 15) is 0 Å². The quantitative estimate of drug-likeness (QED) is 0.653. The van der Waals surface area contributed by atoms with Gasteiger partial charge in [-0.15, -0.1) is 0 Å². The molecule has 5 heteroatoms. The molecule has 2 rings (SSSR count). The Kier molecular flexibility index (Phi) is 5.26. The van der Waals surface area contributed by atoms with Crippen LogP contribution in [-0.2, 0) is 6.42 Å². The monoisotopic (exact) mass is 310 g/mol. The van der Waals surface area contributed by atoms with E-state index in [0.717, 1.165) is 16.9 Å². The summed E-state index contributed by atoms with van der Waals surface area (Å²) < 4.78 is 5.23. The average Bonchev–Trinajstić information content (AvgIpc) is 2.46. The minimum absolute atomic E-state index is 0.0521. The fourth-order valence-corrected chi connectivity index (χ4v) is 2.52. The maximum Gasteiger partial charge on any atom is 0.119 e. The molecular formula is C15H16Cl2N2O. The van der Waals surface area contributed by atoms with Crippen LogP contribution in [0.4, 0.5) is 0 Å². The highest BCUT2D eigenvalue weighted by Crippen LogP contribution is 2.27. The molecule has 0 radical (unpaired) electrons. The van der Waals surface area contributed by atoms with Crippen molar-refractivity contribution in [1.29, 1.82) is 0 Å². The summed E-state index contributed by atoms with van der Waals surface area (Å²) in [6.07, 6.45) is 0.666. The van der Waals surface area contributed by atoms with Crippen LogP contribution in [0.25, 0.3) is 0 Å². The number of halogens is 2. The Bertz CT molecular complexity index is 590. The van der Waals surface area contributed by atoms with Crippen molar-refractivity contribution in [3.05, 3.63) is 63.6 Å². The van der Waals surface area contributed by atoms with Crippen molar-refractivity contribution in [3.63, 3.8) is 0 Å². The Morgan fingerprint density at radius 3 is 2.65 bits per heavy atom. The lowest BCUT2D eigenvalue weighted by Crippen LogP contribution is -2.29. The molecule has 1 unspecified atom stereocenters. The van der Waals surface area contributed by atoms with Gasteiger partial charge in [0.25, 0.3) is 0 Å². The minimum Gasteiger partial charge on any atom is -0.497 e. The van der Waals surface area contributed by atoms with E-state index < -0.39 is 0 Å². The van der Waals surface area contributed by atoms with Gasteiger partial charge in [0.05, 0.1) is 13.2 Å². The molecule has 2 aromatic rings. The van der Waals surface area contributed by atoms with E-state index in [4.69, 9.17) is 33.8 Å². The van der Waals surface area contributed by atoms with Gasteiger partial charge in [0.15, 0.2) is 0 Å². The zero-order valence-corrected chi connectivity index (χ0v) is 12.6. The van der Waals surface area contributed by atoms with Gasteiger partial charge in [-0.3, -0.25) is 11.3 Å². The van der Waals surface area contributed by atoms with E-state index in [1.54, 1.807) is 13.2 Å². The first-order valence-corrected chi connectivity index (χ1v) is 6.93. The van der Waals surface area contributed by atoms with Gasteiger partial charge in [-0.05, 0) is 41.8 Å². The Labute approximate surface area is 128 Å². The third kappa shape index (κ3) is 3.64. The van der Waals surface area contributed by atoms with E-state index in [1.807, 2.05) is 36.4 Å². The van der Waals surface area contributed by atoms with Crippen LogP contribution >= 0.6 is 23.2 Å². The van der Waals surface area contributed by atoms with Crippen LogP contribution in [0.5, 0.6) is 5.75 Å². The van der Waals surface area contributed by atoms with Gasteiger partial charge in [-0.1, -0.05) is 41.4 Å². The van der Waals surface area contributed by atoms with Crippen LogP contribution in [0.3, 0.4) is 0 Å². The van der Waals surface area contributed by atoms with Crippen LogP contribution in [0.2, 0.25) is 10.0 Å². The lowest BCUT2D eigenvalue weighted by atomic mass is 9.99. The number of hydrogen-bond donors (Lipinski definition) is 2. The maximum absolute atomic E-state index is 6.20. The lowest BCUT2D eigenvalue weighted by Gasteiger charge is -2.18. The summed E-state index contributed by atoms with van der Waals surface area (Å²) in [5.74, 6) is 6.46. The fraction of sp³-hybridized carbons (Fsp3) is 0.200. The SMILES string of the molecule is COc1cccc(C(Cc2ccc(Cl)cc2Cl)NN)c1. The molecule has 0 fully saturated rings. The standard InChI is InChI=1S/C15H16Cl2N2O/c1-20-13-4-2-3-11(7-13)15(19-18)8-10-5-6-12(16)9-14(10)17/h2-7,9,15,19H,8,18H2,1H3. The van der Waals surface area contributed by atoms with Gasteiger partial charge in [-0.25, -0.2) is 0 Å². The lowest BCUT2D eigenvalue weighted by molar-refractivity contribution is 0.413. The minimum atomic E-state index is -0.0521. The molecule has 0 spiro atoms. The molecule has 0 aliphatic rings. The highest BCUT2D eigenvalue weighted by atomic mass is 35.5. The number of nitrogens with one attached hydrogen (secondary N) is 1. The fourth-order valence-electron chi connectivity index (χ4n) is 2.04. The Balaban J connectivity index is 2.23. The first kappa shape index (κ1) is 15.1. The molecule has 3 N–H and O–H groups in total. The number of methoxy groups -OCH3 is 1. The summed E-state index contributed by atoms with van der Waals surface area (Å²) >= 11 is 12.1. The van der Waals surface area contributed by atoms with Gasteiger partial charge in [-0.2, -0.15) is 0 Å². The molecule has 3 nitrogen and oxygen atoms in total. The summed E-state index contributed by atoms with van der Waals surface area (Å²) in [5.41, 5.74) is 4.84. The number of hydrogen-bond acceptors (Lipinski definition) is 3. The summed E-state index contributed by atoms with van der Waals surface area (Å²) in [7, 11) is 1.64. The first-order valence-electron chi connectivity index (χ1n) is 6.18. The zero-order valence-electron chi connectivity index (χ0n) is 11.1. The van der Waals surface area contributed by atoms with Crippen molar-refractivity contribution in [3.8, 4) is 5.75 Å². The van der Waals surface area contributed by atoms with Crippen LogP contribution in [0.15, 0.2) is 42.5 Å². The number of rotatable bonds is 5. The second kappa shape index (κ2) is 6.95. The highest BCUT2D eigenvalue weighted by Gasteiger charge is 2.13. The van der Waals surface area contributed by atoms with Gasteiger partial charge >= 0.3 is 0 Å². The predicted octanol–water partition coefficient (Wildman–Crippen LogP) is 3.75. The molecule has 0 saturated carbocycles. The first-order chi connectivity index (χ1) is 9.63. The van der Waals surface area contributed by atoms with E-state index in [0.29, 0.717) is 16.5 Å². The van der Waals surface area contributed by atoms with Crippen molar-refractivity contribution in [1.82, 2.24) is 5.43 Å². The summed E-state index contributed by atoms with van der Waals surface area (Å²) in [6.45, 7) is 0. The molecule has 1 atom stereocenters. The molecular weight excluding hydrogens is 295 g/mol. The van der Waals surface area contributed by atoms with Crippen molar-refractivity contribution in [2.24, 2.45) is 5.84 Å². The Morgan fingerprint density at radius 2 is 2.00 bits per heavy atom. The third-order valence-electron chi connectivity index (χ3n) is 3.14. The second-order valence-electron chi connectivity index (χ2n) is 4.44. The molecule has 20 heavy (non-hydrogen) atoms. The zero-order chi connectivity index (χ0) is 14.5. The molecule has 0 saturated heterocycles. The maximum atomic E-state index is 6.20. The Morgan fingerprint density at radius 1 is 1.20 bits per heavy atom. The molecule has 0 bridgehead atoms. The van der Waals surface area contributed by atoms with Gasteiger partial charge in [0.1, 0.15) is 5.75 Å². The number of hydrazine groups is 1. The molecule has 106 valence electrons. The normalized spacial score (nSPS) is 12.2. The van der Waals surface area contributed by atoms with Crippen molar-refractivity contribution in [2.75, 3.05) is 7.11 Å². The van der Waals surface area contributed by atoms with Gasteiger partial charge in [0, 0.05) is 10.0 Å². The number of ether oxygens (including phenoxy) is 1. The molecule has 0 heterocycles. The molecule has 0 aromatic heterocycles. The Hall–Kier alpha value is -1.26. The second-order valence-corrected chi connectivity index (χ2v) is 5.28. The largest absolute Gasteiger partial charge is 0.497 e. The van der Waals surface area contributed by atoms with Gasteiger partial charge < -0.3 is 4.74 Å². The van der Waals surface area contributed by atoms with E-state index >= 15 is 0 Å². The van der Waals surface area contributed by atoms with E-state index in [1.165, 1.54) is 0 Å². The van der Waals surface area contributed by atoms with Gasteiger partial charge in [0.2, 0.25) is 0 Å². The summed E-state index contributed by atoms with van der Waals surface area (Å²) in [5, 5.41) is 1.26. The van der Waals surface area contributed by atoms with Crippen molar-refractivity contribution in [2.45, 2.75) is 12.5 Å². The summed E-state index contributed by atoms with van der Waals surface area (Å²) in [6, 6.07) is 13.2. The molecule has 0 amide bonds.